The minimum absolute atomic E-state index is 0.112. The number of H-pyrrole nitrogens is 1. The molecule has 0 radical (unpaired) electrons. The first-order chi connectivity index (χ1) is 13.2. The van der Waals surface area contributed by atoms with Crippen LogP contribution >= 0.6 is 34.8 Å². The van der Waals surface area contributed by atoms with Crippen molar-refractivity contribution in [1.82, 2.24) is 9.78 Å². The molecule has 3 aromatic rings. The van der Waals surface area contributed by atoms with Gasteiger partial charge in [0.2, 0.25) is 0 Å². The minimum atomic E-state index is -1.05. The van der Waals surface area contributed by atoms with Crippen LogP contribution in [0, 0.1) is 13.8 Å². The highest BCUT2D eigenvalue weighted by Crippen LogP contribution is 2.31. The SMILES string of the molecule is Cc1ccc(C(=O)O)cc1N=Cc1c(C)[nH]n(-c2c(Cl)cc(Cl)cc2Cl)c1=O. The predicted molar refractivity (Wildman–Crippen MR) is 112 cm³/mol. The number of hydrogen-bond donors (Lipinski definition) is 2. The van der Waals surface area contributed by atoms with Gasteiger partial charge >= 0.3 is 5.97 Å². The van der Waals surface area contributed by atoms with Crippen molar-refractivity contribution in [3.8, 4) is 5.69 Å². The van der Waals surface area contributed by atoms with Gasteiger partial charge in [0.25, 0.3) is 5.56 Å². The molecule has 1 aromatic heterocycles. The van der Waals surface area contributed by atoms with Gasteiger partial charge in [0.15, 0.2) is 0 Å². The molecule has 0 saturated heterocycles. The molecular formula is C19H14Cl3N3O3. The Morgan fingerprint density at radius 2 is 1.79 bits per heavy atom. The second-order valence-corrected chi connectivity index (χ2v) is 7.32. The molecule has 0 aliphatic carbocycles. The van der Waals surface area contributed by atoms with Gasteiger partial charge in [-0.15, -0.1) is 0 Å². The molecule has 0 amide bonds. The number of carboxylic acids is 1. The van der Waals surface area contributed by atoms with Crippen LogP contribution in [-0.4, -0.2) is 27.1 Å². The quantitative estimate of drug-likeness (QED) is 0.549. The largest absolute Gasteiger partial charge is 0.478 e. The Balaban J connectivity index is 2.07. The highest BCUT2D eigenvalue weighted by molar-refractivity contribution is 6.40. The Morgan fingerprint density at radius 3 is 2.39 bits per heavy atom. The molecule has 0 aliphatic rings. The monoisotopic (exact) mass is 437 g/mol. The Hall–Kier alpha value is -2.54. The van der Waals surface area contributed by atoms with Crippen LogP contribution in [0.25, 0.3) is 5.69 Å². The number of aliphatic imine (C=N–C) groups is 1. The third-order valence-electron chi connectivity index (χ3n) is 4.11. The van der Waals surface area contributed by atoms with E-state index in [0.717, 1.165) is 5.56 Å². The van der Waals surface area contributed by atoms with E-state index in [1.54, 1.807) is 19.9 Å². The van der Waals surface area contributed by atoms with Crippen molar-refractivity contribution in [1.29, 1.82) is 0 Å². The second kappa shape index (κ2) is 7.83. The Labute approximate surface area is 175 Å². The van der Waals surface area contributed by atoms with Gasteiger partial charge in [0.1, 0.15) is 5.69 Å². The lowest BCUT2D eigenvalue weighted by atomic mass is 10.1. The summed E-state index contributed by atoms with van der Waals surface area (Å²) < 4.78 is 1.22. The lowest BCUT2D eigenvalue weighted by molar-refractivity contribution is 0.0697. The predicted octanol–water partition coefficient (Wildman–Crippen LogP) is 5.19. The van der Waals surface area contributed by atoms with Crippen LogP contribution in [0.3, 0.4) is 0 Å². The lowest BCUT2D eigenvalue weighted by Gasteiger charge is -2.07. The summed E-state index contributed by atoms with van der Waals surface area (Å²) in [5, 5.41) is 12.8. The first kappa shape index (κ1) is 20.2. The summed E-state index contributed by atoms with van der Waals surface area (Å²) >= 11 is 18.3. The van der Waals surface area contributed by atoms with Crippen LogP contribution in [0.4, 0.5) is 5.69 Å². The fourth-order valence-electron chi connectivity index (χ4n) is 2.63. The molecule has 0 aliphatic heterocycles. The summed E-state index contributed by atoms with van der Waals surface area (Å²) in [6.45, 7) is 3.51. The highest BCUT2D eigenvalue weighted by Gasteiger charge is 2.17. The maximum Gasteiger partial charge on any atom is 0.335 e. The molecule has 9 heteroatoms. The molecule has 0 atom stereocenters. The molecule has 2 N–H and O–H groups in total. The van der Waals surface area contributed by atoms with Gasteiger partial charge in [0.05, 0.1) is 26.9 Å². The van der Waals surface area contributed by atoms with Crippen molar-refractivity contribution in [2.75, 3.05) is 0 Å². The summed E-state index contributed by atoms with van der Waals surface area (Å²) in [5.41, 5.74) is 2.06. The summed E-state index contributed by atoms with van der Waals surface area (Å²) in [6.07, 6.45) is 1.39. The van der Waals surface area contributed by atoms with E-state index in [1.807, 2.05) is 0 Å². The number of carbonyl (C=O) groups is 1. The third-order valence-corrected chi connectivity index (χ3v) is 4.91. The van der Waals surface area contributed by atoms with Gasteiger partial charge in [-0.1, -0.05) is 40.9 Å². The van der Waals surface area contributed by atoms with Crippen molar-refractivity contribution in [3.63, 3.8) is 0 Å². The minimum Gasteiger partial charge on any atom is -0.478 e. The Kier molecular flexibility index (Phi) is 5.65. The molecule has 0 saturated carbocycles. The van der Waals surface area contributed by atoms with E-state index in [4.69, 9.17) is 39.9 Å². The molecule has 2 aromatic carbocycles. The smallest absolute Gasteiger partial charge is 0.335 e. The number of aromatic carboxylic acids is 1. The highest BCUT2D eigenvalue weighted by atomic mass is 35.5. The Morgan fingerprint density at radius 1 is 1.14 bits per heavy atom. The Bertz CT molecular complexity index is 1160. The van der Waals surface area contributed by atoms with E-state index in [9.17, 15) is 9.59 Å². The molecule has 1 heterocycles. The maximum atomic E-state index is 12.9. The maximum absolute atomic E-state index is 12.9. The number of halogens is 3. The normalized spacial score (nSPS) is 11.3. The van der Waals surface area contributed by atoms with Gasteiger partial charge in [0, 0.05) is 16.9 Å². The van der Waals surface area contributed by atoms with E-state index in [2.05, 4.69) is 10.1 Å². The van der Waals surface area contributed by atoms with E-state index < -0.39 is 11.5 Å². The van der Waals surface area contributed by atoms with Gasteiger partial charge in [-0.25, -0.2) is 9.48 Å². The van der Waals surface area contributed by atoms with Crippen molar-refractivity contribution in [2.45, 2.75) is 13.8 Å². The average Bonchev–Trinajstić information content (AvgIpc) is 2.87. The summed E-state index contributed by atoms with van der Waals surface area (Å²) in [5.74, 6) is -1.05. The first-order valence-electron chi connectivity index (χ1n) is 8.03. The zero-order valence-corrected chi connectivity index (χ0v) is 17.0. The van der Waals surface area contributed by atoms with Crippen molar-refractivity contribution >= 4 is 52.7 Å². The number of hydrogen-bond acceptors (Lipinski definition) is 3. The van der Waals surface area contributed by atoms with Gasteiger partial charge in [-0.05, 0) is 43.7 Å². The van der Waals surface area contributed by atoms with E-state index >= 15 is 0 Å². The molecule has 0 fully saturated rings. The first-order valence-corrected chi connectivity index (χ1v) is 9.17. The molecule has 3 rings (SSSR count). The van der Waals surface area contributed by atoms with Gasteiger partial charge in [-0.3, -0.25) is 14.9 Å². The number of rotatable bonds is 4. The number of aromatic amines is 1. The molecule has 28 heavy (non-hydrogen) atoms. The summed E-state index contributed by atoms with van der Waals surface area (Å²) in [6, 6.07) is 7.58. The molecule has 0 bridgehead atoms. The van der Waals surface area contributed by atoms with Crippen LogP contribution in [0.15, 0.2) is 40.1 Å². The number of aryl methyl sites for hydroxylation is 2. The zero-order chi connectivity index (χ0) is 20.6. The molecule has 0 spiro atoms. The molecular weight excluding hydrogens is 425 g/mol. The van der Waals surface area contributed by atoms with Crippen molar-refractivity contribution in [3.05, 3.63) is 78.1 Å². The molecule has 6 nitrogen and oxygen atoms in total. The van der Waals surface area contributed by atoms with E-state index in [1.165, 1.54) is 35.2 Å². The standard InChI is InChI=1S/C19H14Cl3N3O3/c1-9-3-4-11(19(27)28)5-16(9)23-8-13-10(2)24-25(18(13)26)17-14(21)6-12(20)7-15(17)22/h3-8,24H,1-2H3,(H,27,28). The van der Waals surface area contributed by atoms with Crippen LogP contribution in [-0.2, 0) is 0 Å². The lowest BCUT2D eigenvalue weighted by Crippen LogP contribution is -2.18. The third kappa shape index (κ3) is 3.85. The number of aromatic nitrogens is 2. The summed E-state index contributed by atoms with van der Waals surface area (Å²) in [7, 11) is 0. The van der Waals surface area contributed by atoms with Crippen molar-refractivity contribution in [2.24, 2.45) is 4.99 Å². The number of benzene rings is 2. The van der Waals surface area contributed by atoms with E-state index in [-0.39, 0.29) is 21.3 Å². The van der Waals surface area contributed by atoms with Crippen LogP contribution in [0.5, 0.6) is 0 Å². The molecule has 144 valence electrons. The van der Waals surface area contributed by atoms with Crippen LogP contribution in [0.2, 0.25) is 15.1 Å². The number of nitrogens with one attached hydrogen (secondary N) is 1. The summed E-state index contributed by atoms with van der Waals surface area (Å²) in [4.78, 5) is 28.3. The number of nitrogens with zero attached hydrogens (tertiary/aromatic N) is 2. The fraction of sp³-hybridized carbons (Fsp3) is 0.105. The van der Waals surface area contributed by atoms with Crippen molar-refractivity contribution < 1.29 is 9.90 Å². The fourth-order valence-corrected chi connectivity index (χ4v) is 3.62. The number of carboxylic acid groups (broad SMARTS) is 1. The second-order valence-electron chi connectivity index (χ2n) is 6.07. The van der Waals surface area contributed by atoms with Crippen LogP contribution in [0.1, 0.15) is 27.2 Å². The zero-order valence-electron chi connectivity index (χ0n) is 14.8. The van der Waals surface area contributed by atoms with Gasteiger partial charge in [-0.2, -0.15) is 0 Å². The van der Waals surface area contributed by atoms with Gasteiger partial charge < -0.3 is 5.11 Å². The topological polar surface area (TPSA) is 87.4 Å². The molecule has 0 unspecified atom stereocenters. The van der Waals surface area contributed by atoms with E-state index in [0.29, 0.717) is 22.0 Å². The average molecular weight is 439 g/mol. The van der Waals surface area contributed by atoms with Crippen LogP contribution < -0.4 is 5.56 Å².